The Balaban J connectivity index is 1.11. The number of benzene rings is 1. The second kappa shape index (κ2) is 11.6. The summed E-state index contributed by atoms with van der Waals surface area (Å²) >= 11 is 0.922. The Morgan fingerprint density at radius 2 is 1.71 bits per heavy atom. The van der Waals surface area contributed by atoms with E-state index in [4.69, 9.17) is 24.9 Å². The Kier molecular flexibility index (Phi) is 7.65. The number of cyclic esters (lactones) is 1. The van der Waals surface area contributed by atoms with Crippen molar-refractivity contribution in [2.24, 2.45) is 5.16 Å². The number of phenols is 2. The number of hydrogen-bond acceptors (Lipinski definition) is 17. The van der Waals surface area contributed by atoms with Crippen LogP contribution >= 0.6 is 11.3 Å². The van der Waals surface area contributed by atoms with Crippen molar-refractivity contribution >= 4 is 63.7 Å². The summed E-state index contributed by atoms with van der Waals surface area (Å²) in [6.45, 7) is -0.632. The number of anilines is 1. The number of carbonyl (C=O) groups is 7. The molecule has 1 spiro atoms. The highest BCUT2D eigenvalue weighted by Gasteiger charge is 2.65. The van der Waals surface area contributed by atoms with Crippen LogP contribution in [-0.2, 0) is 43.1 Å². The van der Waals surface area contributed by atoms with E-state index in [1.54, 1.807) is 0 Å². The van der Waals surface area contributed by atoms with Gasteiger partial charge in [-0.05, 0) is 25.0 Å². The van der Waals surface area contributed by atoms with E-state index in [1.807, 2.05) is 0 Å². The average Bonchev–Trinajstić information content (AvgIpc) is 3.32. The molecule has 21 nitrogen and oxygen atoms in total. The summed E-state index contributed by atoms with van der Waals surface area (Å²) in [5, 5.41) is 47.6. The van der Waals surface area contributed by atoms with Crippen molar-refractivity contribution in [1.82, 2.24) is 20.3 Å². The van der Waals surface area contributed by atoms with Crippen LogP contribution in [0.1, 0.15) is 58.5 Å². The molecular formula is C29H26N6O15S. The molecule has 0 radical (unpaired) electrons. The smallest absolute Gasteiger partial charge is 0.372 e. The number of ether oxygens (including phenoxy) is 2. The fourth-order valence-corrected chi connectivity index (χ4v) is 6.90. The number of aromatic nitrogens is 1. The maximum atomic E-state index is 13.6. The third-order valence-corrected chi connectivity index (χ3v) is 9.86. The number of hydroxylamine groups is 2. The number of carbonyl (C=O) groups excluding carboxylic acids is 5. The minimum atomic E-state index is -2.92. The number of amides is 4. The van der Waals surface area contributed by atoms with Crippen LogP contribution in [0, 0.1) is 0 Å². The van der Waals surface area contributed by atoms with Gasteiger partial charge in [-0.25, -0.2) is 19.4 Å². The predicted molar refractivity (Wildman–Crippen MR) is 162 cm³/mol. The minimum absolute atomic E-state index is 0.0144. The summed E-state index contributed by atoms with van der Waals surface area (Å²) < 4.78 is 10.8. The molecule has 268 valence electrons. The number of hydrogen-bond donors (Lipinski definition) is 6. The third kappa shape index (κ3) is 5.34. The molecule has 5 aliphatic rings. The summed E-state index contributed by atoms with van der Waals surface area (Å²) in [4.78, 5) is 107. The molecular weight excluding hydrogens is 704 g/mol. The number of esters is 1. The standard InChI is InChI=1S/C29H26N6O15S/c30-26-32-14(9-51-26)18(33-50-28(24(43)44)3-4-47-27(10-28)1-2-27)19(38)31-13-8-48-35(22(13)41)29(25(45)46)7-15(23(42)49-29)34-20(39)11-5-16(36)17(37)6-12(11)21(34)40/h5-6,9,13,15,36-37H,1-4,7-8,10H2,(H2,30,32)(H,31,38)(H,43,44)(H,45,46)/b33-18-/t13-,15?,28?,29?/m0/s1. The molecule has 4 fully saturated rings. The van der Waals surface area contributed by atoms with Crippen LogP contribution in [0.2, 0.25) is 0 Å². The quantitative estimate of drug-likeness (QED) is 0.0573. The number of nitrogen functional groups attached to an aromatic ring is 1. The van der Waals surface area contributed by atoms with Crippen LogP contribution < -0.4 is 11.1 Å². The second-order valence-electron chi connectivity index (χ2n) is 12.4. The molecule has 1 aromatic carbocycles. The number of fused-ring (bicyclic) bond motifs is 1. The van der Waals surface area contributed by atoms with Crippen molar-refractivity contribution in [3.05, 3.63) is 34.3 Å². The lowest BCUT2D eigenvalue weighted by molar-refractivity contribution is -0.256. The van der Waals surface area contributed by atoms with Crippen molar-refractivity contribution < 1.29 is 73.1 Å². The number of aliphatic carboxylic acids is 2. The number of rotatable bonds is 9. The van der Waals surface area contributed by atoms with E-state index >= 15 is 0 Å². The van der Waals surface area contributed by atoms with Gasteiger partial charge in [0, 0.05) is 18.2 Å². The fourth-order valence-electron chi connectivity index (χ4n) is 6.35. The van der Waals surface area contributed by atoms with Crippen molar-refractivity contribution in [2.75, 3.05) is 18.9 Å². The van der Waals surface area contributed by atoms with Gasteiger partial charge in [0.05, 0.1) is 29.8 Å². The SMILES string of the molecule is Nc1nc(/C(=N/OC2(C(=O)O)CCOC3(CC3)C2)C(=O)N[C@H]2CON(C3(C(=O)O)CC(N4C(=O)c5cc(O)c(O)cc5C4=O)C(=O)O3)C2=O)cs1. The van der Waals surface area contributed by atoms with Crippen molar-refractivity contribution in [3.8, 4) is 11.5 Å². The van der Waals surface area contributed by atoms with Crippen LogP contribution in [-0.4, -0.2) is 125 Å². The van der Waals surface area contributed by atoms with Gasteiger partial charge < -0.3 is 45.8 Å². The molecule has 0 bridgehead atoms. The molecule has 3 saturated heterocycles. The summed E-state index contributed by atoms with van der Waals surface area (Å²) in [6, 6.07) is -1.93. The number of oxime groups is 1. The molecule has 1 aliphatic carbocycles. The Morgan fingerprint density at radius 1 is 1.04 bits per heavy atom. The second-order valence-corrected chi connectivity index (χ2v) is 13.3. The monoisotopic (exact) mass is 730 g/mol. The number of carboxylic acid groups (broad SMARTS) is 2. The Bertz CT molecular complexity index is 1940. The van der Waals surface area contributed by atoms with Gasteiger partial charge in [0.15, 0.2) is 22.3 Å². The van der Waals surface area contributed by atoms with Gasteiger partial charge in [0.2, 0.25) is 5.60 Å². The number of carboxylic acids is 2. The molecule has 5 heterocycles. The predicted octanol–water partition coefficient (Wildman–Crippen LogP) is -1.33. The van der Waals surface area contributed by atoms with Gasteiger partial charge in [-0.3, -0.25) is 28.9 Å². The molecule has 3 unspecified atom stereocenters. The van der Waals surface area contributed by atoms with Crippen LogP contribution in [0.15, 0.2) is 22.7 Å². The van der Waals surface area contributed by atoms with Gasteiger partial charge in [-0.15, -0.1) is 11.3 Å². The van der Waals surface area contributed by atoms with Gasteiger partial charge in [-0.1, -0.05) is 5.16 Å². The van der Waals surface area contributed by atoms with E-state index in [0.717, 1.165) is 23.5 Å². The summed E-state index contributed by atoms with van der Waals surface area (Å²) in [5.41, 5.74) is -1.18. The molecule has 7 N–H and O–H groups in total. The van der Waals surface area contributed by atoms with E-state index in [9.17, 15) is 54.0 Å². The highest BCUT2D eigenvalue weighted by molar-refractivity contribution is 7.13. The number of thiazole rings is 1. The van der Waals surface area contributed by atoms with E-state index in [2.05, 4.69) is 15.5 Å². The summed E-state index contributed by atoms with van der Waals surface area (Å²) in [5.74, 6) is -10.7. The number of phenolic OH excluding ortho intramolecular Hbond substituents is 2. The van der Waals surface area contributed by atoms with E-state index < -0.39 is 101 Å². The number of imide groups is 1. The highest BCUT2D eigenvalue weighted by Crippen LogP contribution is 2.50. The normalized spacial score (nSPS) is 28.2. The molecule has 1 aromatic heterocycles. The average molecular weight is 731 g/mol. The first kappa shape index (κ1) is 33.6. The first-order valence-corrected chi connectivity index (χ1v) is 16.0. The van der Waals surface area contributed by atoms with Gasteiger partial charge in [-0.2, -0.15) is 5.06 Å². The molecule has 1 saturated carbocycles. The van der Waals surface area contributed by atoms with Crippen LogP contribution in [0.3, 0.4) is 0 Å². The van der Waals surface area contributed by atoms with Crippen LogP contribution in [0.5, 0.6) is 11.5 Å². The maximum absolute atomic E-state index is 13.6. The van der Waals surface area contributed by atoms with Crippen molar-refractivity contribution in [2.45, 2.75) is 61.1 Å². The fraction of sp³-hybridized carbons (Fsp3) is 0.414. The molecule has 4 atom stereocenters. The van der Waals surface area contributed by atoms with Crippen LogP contribution in [0.4, 0.5) is 5.13 Å². The lowest BCUT2D eigenvalue weighted by Gasteiger charge is -2.35. The number of nitrogens with one attached hydrogen (secondary N) is 1. The highest BCUT2D eigenvalue weighted by atomic mass is 32.1. The first-order valence-electron chi connectivity index (χ1n) is 15.1. The third-order valence-electron chi connectivity index (χ3n) is 9.18. The molecule has 4 amide bonds. The number of nitrogens with two attached hydrogens (primary N) is 1. The lowest BCUT2D eigenvalue weighted by Crippen LogP contribution is -2.57. The first-order chi connectivity index (χ1) is 24.1. The maximum Gasteiger partial charge on any atom is 0.372 e. The summed E-state index contributed by atoms with van der Waals surface area (Å²) in [6.07, 6.45) is 0.102. The van der Waals surface area contributed by atoms with Crippen LogP contribution in [0.25, 0.3) is 0 Å². The number of aromatic hydroxyl groups is 2. The zero-order valence-electron chi connectivity index (χ0n) is 25.9. The van der Waals surface area contributed by atoms with Crippen molar-refractivity contribution in [1.29, 1.82) is 0 Å². The molecule has 51 heavy (non-hydrogen) atoms. The van der Waals surface area contributed by atoms with E-state index in [0.29, 0.717) is 17.7 Å². The number of nitrogens with zero attached hydrogens (tertiary/aromatic N) is 4. The molecule has 22 heteroatoms. The largest absolute Gasteiger partial charge is 0.504 e. The van der Waals surface area contributed by atoms with Gasteiger partial charge in [0.25, 0.3) is 23.6 Å². The van der Waals surface area contributed by atoms with E-state index in [-0.39, 0.29) is 46.5 Å². The Labute approximate surface area is 288 Å². The lowest BCUT2D eigenvalue weighted by atomic mass is 9.89. The molecule has 2 aromatic rings. The topological polar surface area (TPSA) is 307 Å². The van der Waals surface area contributed by atoms with Gasteiger partial charge >= 0.3 is 23.6 Å². The Morgan fingerprint density at radius 3 is 2.27 bits per heavy atom. The van der Waals surface area contributed by atoms with Crippen molar-refractivity contribution in [3.63, 3.8) is 0 Å². The van der Waals surface area contributed by atoms with E-state index in [1.165, 1.54) is 5.38 Å². The minimum Gasteiger partial charge on any atom is -0.504 e. The van der Waals surface area contributed by atoms with Gasteiger partial charge in [0.1, 0.15) is 24.4 Å². The summed E-state index contributed by atoms with van der Waals surface area (Å²) in [7, 11) is 0. The molecule has 7 rings (SSSR count). The Hall–Kier alpha value is -5.87. The molecule has 4 aliphatic heterocycles. The zero-order chi connectivity index (χ0) is 36.6. The zero-order valence-corrected chi connectivity index (χ0v) is 26.7.